The quantitative estimate of drug-likeness (QED) is 0.677. The molecule has 2 bridgehead atoms. The van der Waals surface area contributed by atoms with Crippen LogP contribution in [-0.2, 0) is 20.3 Å². The molecule has 4 rings (SSSR count). The molecule has 0 radical (unpaired) electrons. The fourth-order valence-electron chi connectivity index (χ4n) is 4.35. The van der Waals surface area contributed by atoms with Gasteiger partial charge in [-0.3, -0.25) is 0 Å². The van der Waals surface area contributed by atoms with Crippen LogP contribution in [0.15, 0.2) is 58.4 Å². The molecule has 0 amide bonds. The summed E-state index contributed by atoms with van der Waals surface area (Å²) < 4.78 is 35.0. The lowest BCUT2D eigenvalue weighted by atomic mass is 9.90. The number of nitrogens with zero attached hydrogens (tertiary/aromatic N) is 2. The summed E-state index contributed by atoms with van der Waals surface area (Å²) >= 11 is 0. The minimum absolute atomic E-state index is 0.287. The Labute approximate surface area is 186 Å². The molecular formula is C25H32N2O3S. The van der Waals surface area contributed by atoms with Gasteiger partial charge in [-0.05, 0) is 44.4 Å². The van der Waals surface area contributed by atoms with Gasteiger partial charge in [0.05, 0.1) is 4.90 Å². The lowest BCUT2D eigenvalue weighted by Gasteiger charge is -2.32. The van der Waals surface area contributed by atoms with E-state index in [1.165, 1.54) is 5.56 Å². The van der Waals surface area contributed by atoms with E-state index in [4.69, 9.17) is 9.73 Å². The maximum absolute atomic E-state index is 13.7. The second kappa shape index (κ2) is 9.13. The SMILES string of the molecule is Cc1ccc([C@@]23COC(=N2)CCCCCCCN(S(=O)(=O)c2ccc(C)cc2)C3)cc1. The van der Waals surface area contributed by atoms with Gasteiger partial charge >= 0.3 is 0 Å². The Morgan fingerprint density at radius 2 is 1.48 bits per heavy atom. The summed E-state index contributed by atoms with van der Waals surface area (Å²) in [5.74, 6) is 0.758. The van der Waals surface area contributed by atoms with E-state index in [1.807, 2.05) is 19.1 Å². The number of ether oxygens (including phenoxy) is 1. The number of fused-ring (bicyclic) bond motifs is 1. The Balaban J connectivity index is 1.75. The molecule has 2 aliphatic heterocycles. The van der Waals surface area contributed by atoms with E-state index < -0.39 is 15.6 Å². The highest BCUT2D eigenvalue weighted by atomic mass is 32.2. The van der Waals surface area contributed by atoms with Crippen LogP contribution in [0.2, 0.25) is 0 Å². The van der Waals surface area contributed by atoms with Gasteiger partial charge in [0, 0.05) is 19.5 Å². The van der Waals surface area contributed by atoms with Crippen molar-refractivity contribution in [3.8, 4) is 0 Å². The highest BCUT2D eigenvalue weighted by Gasteiger charge is 2.42. The molecule has 166 valence electrons. The summed E-state index contributed by atoms with van der Waals surface area (Å²) in [5, 5.41) is 0. The lowest BCUT2D eigenvalue weighted by molar-refractivity contribution is 0.217. The number of hydrogen-bond donors (Lipinski definition) is 0. The fraction of sp³-hybridized carbons (Fsp3) is 0.480. The van der Waals surface area contributed by atoms with Crippen LogP contribution < -0.4 is 0 Å². The molecule has 1 atom stereocenters. The van der Waals surface area contributed by atoms with Crippen molar-refractivity contribution >= 4 is 15.9 Å². The summed E-state index contributed by atoms with van der Waals surface area (Å²) in [6.07, 6.45) is 5.99. The molecule has 2 heterocycles. The van der Waals surface area contributed by atoms with Gasteiger partial charge in [0.2, 0.25) is 10.0 Å². The van der Waals surface area contributed by atoms with Gasteiger partial charge in [0.1, 0.15) is 12.1 Å². The molecule has 2 aromatic rings. The predicted molar refractivity (Wildman–Crippen MR) is 124 cm³/mol. The van der Waals surface area contributed by atoms with Crippen LogP contribution in [0.4, 0.5) is 0 Å². The summed E-state index contributed by atoms with van der Waals surface area (Å²) in [4.78, 5) is 5.35. The highest BCUT2D eigenvalue weighted by Crippen LogP contribution is 2.35. The van der Waals surface area contributed by atoms with Gasteiger partial charge < -0.3 is 4.74 Å². The molecular weight excluding hydrogens is 408 g/mol. The Bertz CT molecular complexity index is 1030. The monoisotopic (exact) mass is 440 g/mol. The van der Waals surface area contributed by atoms with E-state index in [0.717, 1.165) is 55.5 Å². The Morgan fingerprint density at radius 1 is 0.871 bits per heavy atom. The molecule has 2 aromatic carbocycles. The summed E-state index contributed by atoms with van der Waals surface area (Å²) in [6, 6.07) is 15.4. The van der Waals surface area contributed by atoms with E-state index in [1.54, 1.807) is 16.4 Å². The molecule has 0 fully saturated rings. The molecule has 2 aliphatic rings. The van der Waals surface area contributed by atoms with Gasteiger partial charge in [-0.15, -0.1) is 0 Å². The van der Waals surface area contributed by atoms with Crippen molar-refractivity contribution < 1.29 is 13.2 Å². The van der Waals surface area contributed by atoms with Gasteiger partial charge in [0.15, 0.2) is 5.90 Å². The van der Waals surface area contributed by atoms with Crippen LogP contribution in [-0.4, -0.2) is 38.3 Å². The first-order valence-electron chi connectivity index (χ1n) is 11.2. The van der Waals surface area contributed by atoms with Crippen molar-refractivity contribution in [3.05, 3.63) is 65.2 Å². The second-order valence-electron chi connectivity index (χ2n) is 8.86. The number of benzene rings is 2. The van der Waals surface area contributed by atoms with Crippen molar-refractivity contribution in [1.29, 1.82) is 0 Å². The highest BCUT2D eigenvalue weighted by molar-refractivity contribution is 7.89. The van der Waals surface area contributed by atoms with Crippen molar-refractivity contribution in [2.45, 2.75) is 62.8 Å². The second-order valence-corrected chi connectivity index (χ2v) is 10.8. The van der Waals surface area contributed by atoms with Crippen LogP contribution in [0.25, 0.3) is 0 Å². The third-order valence-electron chi connectivity index (χ3n) is 6.30. The van der Waals surface area contributed by atoms with Crippen molar-refractivity contribution in [3.63, 3.8) is 0 Å². The van der Waals surface area contributed by atoms with E-state index in [2.05, 4.69) is 31.2 Å². The zero-order valence-electron chi connectivity index (χ0n) is 18.5. The molecule has 0 N–H and O–H groups in total. The first-order valence-corrected chi connectivity index (χ1v) is 12.7. The van der Waals surface area contributed by atoms with E-state index >= 15 is 0 Å². The average molecular weight is 441 g/mol. The third kappa shape index (κ3) is 4.85. The number of hydrogen-bond acceptors (Lipinski definition) is 4. The third-order valence-corrected chi connectivity index (χ3v) is 8.16. The number of sulfonamides is 1. The largest absolute Gasteiger partial charge is 0.478 e. The van der Waals surface area contributed by atoms with Gasteiger partial charge in [-0.1, -0.05) is 66.8 Å². The summed E-state index contributed by atoms with van der Waals surface area (Å²) in [5.41, 5.74) is 2.51. The summed E-state index contributed by atoms with van der Waals surface area (Å²) in [7, 11) is -3.64. The molecule has 31 heavy (non-hydrogen) atoms. The van der Waals surface area contributed by atoms with Gasteiger partial charge in [-0.2, -0.15) is 4.31 Å². The zero-order chi connectivity index (χ0) is 21.9. The fourth-order valence-corrected chi connectivity index (χ4v) is 5.88. The molecule has 0 aromatic heterocycles. The standard InChI is InChI=1S/C25H32N2O3S/c1-20-9-13-22(14-10-20)25-18-27(31(28,29)23-15-11-21(2)12-16-23)17-7-5-3-4-6-8-24(26-25)30-19-25/h9-16H,3-8,17-19H2,1-2H3/t25-/m1/s1. The number of rotatable bonds is 3. The molecule has 6 heteroatoms. The molecule has 5 nitrogen and oxygen atoms in total. The van der Waals surface area contributed by atoms with E-state index in [-0.39, 0.29) is 6.54 Å². The smallest absolute Gasteiger partial charge is 0.243 e. The normalized spacial score (nSPS) is 23.4. The molecule has 0 spiro atoms. The molecule has 0 saturated heterocycles. The van der Waals surface area contributed by atoms with Gasteiger partial charge in [0.25, 0.3) is 0 Å². The van der Waals surface area contributed by atoms with Crippen LogP contribution in [0.1, 0.15) is 55.2 Å². The van der Waals surface area contributed by atoms with Gasteiger partial charge in [-0.25, -0.2) is 13.4 Å². The zero-order valence-corrected chi connectivity index (χ0v) is 19.3. The van der Waals surface area contributed by atoms with E-state index in [0.29, 0.717) is 18.0 Å². The lowest BCUT2D eigenvalue weighted by Crippen LogP contribution is -2.44. The number of aliphatic imine (C=N–C) groups is 1. The Hall–Kier alpha value is -2.18. The minimum atomic E-state index is -3.64. The number of aryl methyl sites for hydroxylation is 2. The van der Waals surface area contributed by atoms with Crippen LogP contribution in [0.5, 0.6) is 0 Å². The Morgan fingerprint density at radius 3 is 2.19 bits per heavy atom. The first kappa shape index (κ1) is 22.0. The Kier molecular flexibility index (Phi) is 6.49. The van der Waals surface area contributed by atoms with Crippen LogP contribution in [0.3, 0.4) is 0 Å². The molecule has 0 saturated carbocycles. The predicted octanol–water partition coefficient (Wildman–Crippen LogP) is 4.97. The first-order chi connectivity index (χ1) is 14.9. The van der Waals surface area contributed by atoms with E-state index in [9.17, 15) is 8.42 Å². The molecule has 0 unspecified atom stereocenters. The average Bonchev–Trinajstić information content (AvgIpc) is 3.16. The van der Waals surface area contributed by atoms with Crippen molar-refractivity contribution in [1.82, 2.24) is 4.31 Å². The van der Waals surface area contributed by atoms with Crippen LogP contribution >= 0.6 is 0 Å². The summed E-state index contributed by atoms with van der Waals surface area (Å²) in [6.45, 7) is 5.18. The maximum Gasteiger partial charge on any atom is 0.243 e. The minimum Gasteiger partial charge on any atom is -0.478 e. The van der Waals surface area contributed by atoms with Crippen LogP contribution in [0, 0.1) is 13.8 Å². The van der Waals surface area contributed by atoms with Crippen molar-refractivity contribution in [2.75, 3.05) is 19.7 Å². The molecule has 0 aliphatic carbocycles. The van der Waals surface area contributed by atoms with Crippen molar-refractivity contribution in [2.24, 2.45) is 4.99 Å². The topological polar surface area (TPSA) is 59.0 Å². The maximum atomic E-state index is 13.7.